The SMILES string of the molecule is Cn1c(Nc2cc3n(n2)CCCC3(F)F)nc2ncc(Oc3ccnc(NC(=O)N4CCC4)c3)c(C#N)c21. The highest BCUT2D eigenvalue weighted by molar-refractivity contribution is 5.89. The Morgan fingerprint density at radius 2 is 2.03 bits per heavy atom. The lowest BCUT2D eigenvalue weighted by atomic mass is 10.1. The Kier molecular flexibility index (Phi) is 5.55. The Hall–Kier alpha value is -4.80. The smallest absolute Gasteiger partial charge is 0.323 e. The van der Waals surface area contributed by atoms with Crippen molar-refractivity contribution in [3.05, 3.63) is 41.9 Å². The molecule has 0 bridgehead atoms. The summed E-state index contributed by atoms with van der Waals surface area (Å²) in [4.78, 5) is 26.8. The average Bonchev–Trinajstić information content (AvgIpc) is 3.40. The molecule has 2 amide bonds. The van der Waals surface area contributed by atoms with Gasteiger partial charge in [-0.15, -0.1) is 0 Å². The van der Waals surface area contributed by atoms with Crippen LogP contribution in [-0.4, -0.2) is 53.3 Å². The molecule has 4 aromatic heterocycles. The minimum absolute atomic E-state index is 0.144. The summed E-state index contributed by atoms with van der Waals surface area (Å²) in [6.45, 7) is 1.82. The van der Waals surface area contributed by atoms with Crippen molar-refractivity contribution in [2.45, 2.75) is 31.7 Å². The molecule has 4 aromatic rings. The van der Waals surface area contributed by atoms with Gasteiger partial charge >= 0.3 is 6.03 Å². The topological polar surface area (TPSA) is 139 Å². The van der Waals surface area contributed by atoms with Gasteiger partial charge in [0.1, 0.15) is 34.4 Å². The molecule has 38 heavy (non-hydrogen) atoms. The average molecular weight is 521 g/mol. The van der Waals surface area contributed by atoms with Gasteiger partial charge in [0.05, 0.1) is 6.20 Å². The third kappa shape index (κ3) is 4.11. The number of aryl methyl sites for hydroxylation is 2. The number of anilines is 3. The van der Waals surface area contributed by atoms with Gasteiger partial charge in [-0.2, -0.15) is 24.1 Å². The van der Waals surface area contributed by atoms with Gasteiger partial charge in [0, 0.05) is 51.4 Å². The van der Waals surface area contributed by atoms with E-state index in [-0.39, 0.29) is 46.9 Å². The number of alkyl halides is 2. The lowest BCUT2D eigenvalue weighted by Crippen LogP contribution is -2.44. The third-order valence-electron chi connectivity index (χ3n) is 6.57. The van der Waals surface area contributed by atoms with Gasteiger partial charge in [0.25, 0.3) is 5.92 Å². The standard InChI is InChI=1S/C24H22F2N10O2/c1-34-20-15(12-27)16(38-14-4-6-28-18(10-14)31-23(37)35-7-3-8-35)13-29-21(20)32-22(34)30-19-11-17-24(25,26)5-2-9-36(17)33-19/h4,6,10-11,13H,2-3,5,7-9H2,1H3,(H,28,31,37)(H,29,30,32,33). The zero-order chi connectivity index (χ0) is 26.4. The Bertz CT molecular complexity index is 1600. The Labute approximate surface area is 214 Å². The molecule has 0 aliphatic carbocycles. The number of fused-ring (bicyclic) bond motifs is 2. The minimum atomic E-state index is -2.94. The van der Waals surface area contributed by atoms with Crippen molar-refractivity contribution in [3.8, 4) is 17.6 Å². The number of carbonyl (C=O) groups excluding carboxylic acids is 1. The zero-order valence-electron chi connectivity index (χ0n) is 20.3. The summed E-state index contributed by atoms with van der Waals surface area (Å²) >= 11 is 0. The second-order valence-electron chi connectivity index (χ2n) is 9.10. The van der Waals surface area contributed by atoms with Gasteiger partial charge in [0.2, 0.25) is 5.95 Å². The van der Waals surface area contributed by atoms with Gasteiger partial charge in [-0.25, -0.2) is 14.8 Å². The number of amides is 2. The molecule has 2 aliphatic heterocycles. The first kappa shape index (κ1) is 23.6. The zero-order valence-corrected chi connectivity index (χ0v) is 20.3. The molecule has 14 heteroatoms. The number of urea groups is 1. The van der Waals surface area contributed by atoms with Crippen molar-refractivity contribution in [1.29, 1.82) is 5.26 Å². The Morgan fingerprint density at radius 1 is 1.18 bits per heavy atom. The number of nitrogens with zero attached hydrogens (tertiary/aromatic N) is 8. The summed E-state index contributed by atoms with van der Waals surface area (Å²) in [6.07, 6.45) is 3.97. The van der Waals surface area contributed by atoms with Crippen LogP contribution in [0.15, 0.2) is 30.6 Å². The molecule has 194 valence electrons. The molecule has 0 spiro atoms. The predicted molar refractivity (Wildman–Crippen MR) is 131 cm³/mol. The van der Waals surface area contributed by atoms with Gasteiger partial charge in [-0.05, 0) is 18.9 Å². The van der Waals surface area contributed by atoms with Crippen molar-refractivity contribution in [2.24, 2.45) is 7.05 Å². The van der Waals surface area contributed by atoms with Crippen molar-refractivity contribution < 1.29 is 18.3 Å². The van der Waals surface area contributed by atoms with E-state index in [1.165, 1.54) is 23.1 Å². The highest BCUT2D eigenvalue weighted by Gasteiger charge is 2.38. The number of hydrogen-bond donors (Lipinski definition) is 2. The van der Waals surface area contributed by atoms with Crippen LogP contribution in [0.5, 0.6) is 11.5 Å². The first-order chi connectivity index (χ1) is 18.3. The number of rotatable bonds is 5. The summed E-state index contributed by atoms with van der Waals surface area (Å²) in [5.74, 6) is -1.60. The molecule has 6 heterocycles. The number of imidazole rings is 1. The molecule has 12 nitrogen and oxygen atoms in total. The lowest BCUT2D eigenvalue weighted by molar-refractivity contribution is -0.0364. The number of aromatic nitrogens is 6. The van der Waals surface area contributed by atoms with E-state index in [0.717, 1.165) is 6.42 Å². The largest absolute Gasteiger partial charge is 0.454 e. The van der Waals surface area contributed by atoms with Crippen molar-refractivity contribution in [3.63, 3.8) is 0 Å². The van der Waals surface area contributed by atoms with E-state index in [2.05, 4.69) is 36.8 Å². The predicted octanol–water partition coefficient (Wildman–Crippen LogP) is 4.09. The molecule has 0 saturated carbocycles. The molecular weight excluding hydrogens is 498 g/mol. The van der Waals surface area contributed by atoms with Gasteiger partial charge in [-0.1, -0.05) is 0 Å². The Morgan fingerprint density at radius 3 is 2.76 bits per heavy atom. The highest BCUT2D eigenvalue weighted by atomic mass is 19.3. The van der Waals surface area contributed by atoms with Crippen LogP contribution in [0.2, 0.25) is 0 Å². The first-order valence-electron chi connectivity index (χ1n) is 12.0. The van der Waals surface area contributed by atoms with Crippen LogP contribution >= 0.6 is 0 Å². The number of nitriles is 1. The lowest BCUT2D eigenvalue weighted by Gasteiger charge is -2.30. The molecular formula is C24H22F2N10O2. The summed E-state index contributed by atoms with van der Waals surface area (Å²) in [6, 6.07) is 6.36. The fourth-order valence-corrected chi connectivity index (χ4v) is 4.47. The van der Waals surface area contributed by atoms with E-state index >= 15 is 0 Å². The number of hydrogen-bond acceptors (Lipinski definition) is 8. The van der Waals surface area contributed by atoms with Crippen LogP contribution < -0.4 is 15.4 Å². The molecule has 0 atom stereocenters. The maximum Gasteiger partial charge on any atom is 0.323 e. The van der Waals surface area contributed by atoms with E-state index in [1.807, 2.05) is 0 Å². The van der Waals surface area contributed by atoms with Gasteiger partial charge in [0.15, 0.2) is 17.2 Å². The normalized spacial score (nSPS) is 15.9. The fourth-order valence-electron chi connectivity index (χ4n) is 4.47. The van der Waals surface area contributed by atoms with Crippen LogP contribution in [0.1, 0.15) is 30.5 Å². The monoisotopic (exact) mass is 520 g/mol. The maximum atomic E-state index is 14.3. The van der Waals surface area contributed by atoms with Gasteiger partial charge in [-0.3, -0.25) is 10.00 Å². The van der Waals surface area contributed by atoms with Crippen LogP contribution in [-0.2, 0) is 19.5 Å². The molecule has 0 aromatic carbocycles. The van der Waals surface area contributed by atoms with Crippen LogP contribution in [0, 0.1) is 11.3 Å². The second kappa shape index (κ2) is 8.94. The molecule has 2 aliphatic rings. The number of ether oxygens (including phenoxy) is 1. The highest BCUT2D eigenvalue weighted by Crippen LogP contribution is 2.38. The third-order valence-corrected chi connectivity index (χ3v) is 6.57. The van der Waals surface area contributed by atoms with Crippen molar-refractivity contribution in [2.75, 3.05) is 23.7 Å². The number of halogens is 2. The summed E-state index contributed by atoms with van der Waals surface area (Å²) < 4.78 is 37.4. The summed E-state index contributed by atoms with van der Waals surface area (Å²) in [7, 11) is 1.67. The van der Waals surface area contributed by atoms with Crippen molar-refractivity contribution >= 4 is 34.8 Å². The van der Waals surface area contributed by atoms with Crippen LogP contribution in [0.3, 0.4) is 0 Å². The number of likely N-dealkylation sites (tertiary alicyclic amines) is 1. The molecule has 6 rings (SSSR count). The molecule has 1 fully saturated rings. The quantitative estimate of drug-likeness (QED) is 0.401. The summed E-state index contributed by atoms with van der Waals surface area (Å²) in [5.41, 5.74) is 0.693. The van der Waals surface area contributed by atoms with E-state index in [9.17, 15) is 18.8 Å². The molecule has 2 N–H and O–H groups in total. The molecule has 0 unspecified atom stereocenters. The minimum Gasteiger partial charge on any atom is -0.454 e. The van der Waals surface area contributed by atoms with Crippen LogP contribution in [0.25, 0.3) is 11.2 Å². The van der Waals surface area contributed by atoms with E-state index < -0.39 is 5.92 Å². The van der Waals surface area contributed by atoms with E-state index in [1.54, 1.807) is 28.6 Å². The van der Waals surface area contributed by atoms with Gasteiger partial charge < -0.3 is 19.5 Å². The van der Waals surface area contributed by atoms with E-state index in [0.29, 0.717) is 43.1 Å². The second-order valence-corrected chi connectivity index (χ2v) is 9.10. The number of nitrogens with one attached hydrogen (secondary N) is 2. The van der Waals surface area contributed by atoms with E-state index in [4.69, 9.17) is 4.74 Å². The first-order valence-corrected chi connectivity index (χ1v) is 12.0. The maximum absolute atomic E-state index is 14.3. The number of pyridine rings is 2. The summed E-state index contributed by atoms with van der Waals surface area (Å²) in [5, 5.41) is 19.9. The molecule has 1 saturated heterocycles. The van der Waals surface area contributed by atoms with Crippen LogP contribution in [0.4, 0.5) is 31.2 Å². The Balaban J connectivity index is 1.27. The number of carbonyl (C=O) groups is 1. The fraction of sp³-hybridized carbons (Fsp3) is 0.333. The van der Waals surface area contributed by atoms with Crippen molar-refractivity contribution in [1.82, 2.24) is 34.2 Å². The molecule has 0 radical (unpaired) electrons.